The van der Waals surface area contributed by atoms with Gasteiger partial charge in [0.2, 0.25) is 6.79 Å². The first-order chi connectivity index (χ1) is 29.7. The molecule has 1 saturated heterocycles. The predicted molar refractivity (Wildman–Crippen MR) is 226 cm³/mol. The summed E-state index contributed by atoms with van der Waals surface area (Å²) in [6.45, 7) is 4.05. The molecule has 19 heteroatoms. The van der Waals surface area contributed by atoms with Gasteiger partial charge in [0.05, 0.1) is 9.82 Å². The summed E-state index contributed by atoms with van der Waals surface area (Å²) in [7, 11) is -4.40. The molecule has 5 aromatic rings. The number of nitro benzene ring substituents is 1. The molecule has 1 atom stereocenters. The summed E-state index contributed by atoms with van der Waals surface area (Å²) in [6, 6.07) is 33.5. The number of carbonyl (C=O) groups excluding carboxylic acids is 1. The number of carboxylic acids is 1. The zero-order valence-electron chi connectivity index (χ0n) is 32.8. The van der Waals surface area contributed by atoms with Gasteiger partial charge in [-0.15, -0.1) is 11.8 Å². The molecule has 3 aliphatic heterocycles. The third-order valence-electron chi connectivity index (χ3n) is 10.4. The average molecular weight is 892 g/mol. The first-order valence-corrected chi connectivity index (χ1v) is 21.8. The van der Waals surface area contributed by atoms with Gasteiger partial charge in [-0.3, -0.25) is 19.8 Å². The van der Waals surface area contributed by atoms with Crippen molar-refractivity contribution in [3.8, 4) is 22.6 Å². The number of carboxylic acid groups (broad SMARTS) is 1. The number of aryl methyl sites for hydroxylation is 1. The molecule has 1 fully saturated rings. The molecule has 62 heavy (non-hydrogen) atoms. The first kappa shape index (κ1) is 43.8. The summed E-state index contributed by atoms with van der Waals surface area (Å²) in [5, 5.41) is 22.1. The van der Waals surface area contributed by atoms with E-state index < -0.39 is 38.7 Å². The molecule has 3 heterocycles. The number of nitrogens with zero attached hydrogens (tertiary/aromatic N) is 3. The van der Waals surface area contributed by atoms with E-state index in [0.717, 1.165) is 78.3 Å². The van der Waals surface area contributed by atoms with Gasteiger partial charge in [-0.25, -0.2) is 17.9 Å². The van der Waals surface area contributed by atoms with E-state index in [1.807, 2.05) is 48.5 Å². The number of amides is 1. The second-order valence-corrected chi connectivity index (χ2v) is 17.3. The van der Waals surface area contributed by atoms with Gasteiger partial charge in [0.15, 0.2) is 11.5 Å². The first-order valence-electron chi connectivity index (χ1n) is 19.3. The molecule has 0 unspecified atom stereocenters. The molecular weight excluding hydrogens is 852 g/mol. The van der Waals surface area contributed by atoms with E-state index in [9.17, 15) is 36.5 Å². The van der Waals surface area contributed by atoms with Gasteiger partial charge in [-0.2, -0.15) is 13.2 Å². The molecule has 14 nitrogen and oxygen atoms in total. The molecule has 0 aliphatic carbocycles. The van der Waals surface area contributed by atoms with Crippen LogP contribution in [0.2, 0.25) is 0 Å². The normalized spacial score (nSPS) is 15.7. The summed E-state index contributed by atoms with van der Waals surface area (Å²) < 4.78 is 71.6. The minimum Gasteiger partial charge on any atom is -0.475 e. The smallest absolute Gasteiger partial charge is 0.475 e. The Balaban J connectivity index is 0.000000762. The number of rotatable bonds is 12. The highest BCUT2D eigenvalue weighted by atomic mass is 32.2. The summed E-state index contributed by atoms with van der Waals surface area (Å²) in [5.74, 6) is -1.38. The number of sulfonamides is 1. The third kappa shape index (κ3) is 10.4. The highest BCUT2D eigenvalue weighted by molar-refractivity contribution is 7.99. The molecule has 0 saturated carbocycles. The fourth-order valence-corrected chi connectivity index (χ4v) is 9.28. The number of nitro groups is 1. The number of anilines is 2. The van der Waals surface area contributed by atoms with Gasteiger partial charge in [-0.05, 0) is 89.7 Å². The van der Waals surface area contributed by atoms with Crippen LogP contribution in [-0.2, 0) is 27.8 Å². The number of benzene rings is 5. The topological polar surface area (TPSA) is 181 Å². The molecule has 324 valence electrons. The number of halogens is 3. The number of ether oxygens (including phenoxy) is 2. The standard InChI is InChI=1S/C41H39N5O7S2.C2HF3O2/c47-41(43-55(50,51)34-14-15-36(38(24-34)46(48)49)42-18-21-54-33-7-2-1-3-8-33)30-11-16-37-29(22-30)10-13-32-26-44(19-20-45(32)37)25-31-6-4-5-9-35(31)28-12-17-39-40(23-28)53-27-52-39;3-2(4,5)1(6)7/h1-9,11-12,14-17,22-24,32,42H,10,13,18-21,25-27H2,(H,43,47);(H,6,7)/t32-;/m0./s1. The summed E-state index contributed by atoms with van der Waals surface area (Å²) in [4.78, 5) is 39.1. The lowest BCUT2D eigenvalue weighted by Crippen LogP contribution is -2.54. The van der Waals surface area contributed by atoms with Crippen LogP contribution in [0.25, 0.3) is 11.1 Å². The van der Waals surface area contributed by atoms with Crippen LogP contribution in [0.1, 0.15) is 27.9 Å². The van der Waals surface area contributed by atoms with Crippen LogP contribution in [-0.4, -0.2) is 86.2 Å². The maximum Gasteiger partial charge on any atom is 0.490 e. The minimum absolute atomic E-state index is 0.198. The molecule has 0 spiro atoms. The zero-order valence-corrected chi connectivity index (χ0v) is 34.5. The number of hydrogen-bond acceptors (Lipinski definition) is 12. The number of hydrogen-bond donors (Lipinski definition) is 3. The number of alkyl halides is 3. The maximum atomic E-state index is 13.3. The Morgan fingerprint density at radius 3 is 2.42 bits per heavy atom. The Bertz CT molecular complexity index is 2580. The fourth-order valence-electron chi connectivity index (χ4n) is 7.49. The lowest BCUT2D eigenvalue weighted by Gasteiger charge is -2.46. The highest BCUT2D eigenvalue weighted by Gasteiger charge is 2.38. The van der Waals surface area contributed by atoms with Crippen LogP contribution in [0, 0.1) is 10.1 Å². The Hall–Kier alpha value is -6.31. The number of fused-ring (bicyclic) bond motifs is 4. The second-order valence-electron chi connectivity index (χ2n) is 14.5. The number of thioether (sulfide) groups is 1. The predicted octanol–water partition coefficient (Wildman–Crippen LogP) is 7.58. The summed E-state index contributed by atoms with van der Waals surface area (Å²) in [5.41, 5.74) is 5.56. The monoisotopic (exact) mass is 891 g/mol. The Morgan fingerprint density at radius 2 is 1.66 bits per heavy atom. The summed E-state index contributed by atoms with van der Waals surface area (Å²) in [6.07, 6.45) is -3.44. The molecule has 5 aromatic carbocycles. The van der Waals surface area contributed by atoms with E-state index >= 15 is 0 Å². The summed E-state index contributed by atoms with van der Waals surface area (Å²) >= 11 is 1.60. The van der Waals surface area contributed by atoms with Crippen LogP contribution >= 0.6 is 11.8 Å². The molecule has 8 rings (SSSR count). The van der Waals surface area contributed by atoms with Crippen molar-refractivity contribution in [3.05, 3.63) is 136 Å². The van der Waals surface area contributed by atoms with Crippen molar-refractivity contribution < 1.29 is 50.7 Å². The van der Waals surface area contributed by atoms with Gasteiger partial charge in [-0.1, -0.05) is 48.5 Å². The van der Waals surface area contributed by atoms with E-state index in [2.05, 4.69) is 50.2 Å². The van der Waals surface area contributed by atoms with Crippen molar-refractivity contribution in [1.29, 1.82) is 0 Å². The molecule has 3 N–H and O–H groups in total. The van der Waals surface area contributed by atoms with Crippen molar-refractivity contribution in [2.75, 3.05) is 48.9 Å². The molecular formula is C43H40F3N5O9S2. The number of nitrogens with one attached hydrogen (secondary N) is 2. The van der Waals surface area contributed by atoms with Gasteiger partial charge in [0.1, 0.15) is 5.69 Å². The largest absolute Gasteiger partial charge is 0.490 e. The van der Waals surface area contributed by atoms with Crippen LogP contribution in [0.15, 0.2) is 119 Å². The van der Waals surface area contributed by atoms with Crippen molar-refractivity contribution in [3.63, 3.8) is 0 Å². The third-order valence-corrected chi connectivity index (χ3v) is 12.8. The lowest BCUT2D eigenvalue weighted by atomic mass is 9.92. The molecule has 0 radical (unpaired) electrons. The number of aliphatic carboxylic acids is 1. The van der Waals surface area contributed by atoms with E-state index in [1.54, 1.807) is 23.9 Å². The van der Waals surface area contributed by atoms with Gasteiger partial charge in [0.25, 0.3) is 21.6 Å². The SMILES string of the molecule is O=C(NS(=O)(=O)c1ccc(NCCSc2ccccc2)c([N+](=O)[O-])c1)c1ccc2c(c1)CC[C@H]1CN(Cc3ccccc3-c3ccc4c(c3)OCO4)CCN21.O=C(O)C(F)(F)F. The molecule has 1 amide bonds. The maximum absolute atomic E-state index is 13.3. The van der Waals surface area contributed by atoms with Crippen LogP contribution < -0.4 is 24.4 Å². The van der Waals surface area contributed by atoms with Crippen molar-refractivity contribution in [1.82, 2.24) is 9.62 Å². The van der Waals surface area contributed by atoms with E-state index in [0.29, 0.717) is 18.3 Å². The van der Waals surface area contributed by atoms with Crippen molar-refractivity contribution in [2.24, 2.45) is 0 Å². The second kappa shape index (κ2) is 18.8. The van der Waals surface area contributed by atoms with Crippen molar-refractivity contribution >= 4 is 50.7 Å². The van der Waals surface area contributed by atoms with E-state index in [4.69, 9.17) is 19.4 Å². The van der Waals surface area contributed by atoms with Crippen LogP contribution in [0.5, 0.6) is 11.5 Å². The van der Waals surface area contributed by atoms with Crippen LogP contribution in [0.3, 0.4) is 0 Å². The number of carbonyl (C=O) groups is 2. The van der Waals surface area contributed by atoms with E-state index in [1.165, 1.54) is 23.3 Å². The lowest BCUT2D eigenvalue weighted by molar-refractivity contribution is -0.384. The Morgan fingerprint density at radius 1 is 0.919 bits per heavy atom. The molecule has 0 bridgehead atoms. The van der Waals surface area contributed by atoms with Crippen molar-refractivity contribution in [2.45, 2.75) is 41.4 Å². The molecule has 3 aliphatic rings. The van der Waals surface area contributed by atoms with E-state index in [-0.39, 0.29) is 22.9 Å². The van der Waals surface area contributed by atoms with Crippen LogP contribution in [0.4, 0.5) is 30.2 Å². The van der Waals surface area contributed by atoms with Gasteiger partial charge in [0, 0.05) is 66.7 Å². The number of piperazine rings is 1. The zero-order chi connectivity index (χ0) is 44.0. The Kier molecular flexibility index (Phi) is 13.2. The molecule has 0 aromatic heterocycles. The minimum atomic E-state index is -5.08. The van der Waals surface area contributed by atoms with Gasteiger partial charge < -0.3 is 24.8 Å². The van der Waals surface area contributed by atoms with Gasteiger partial charge >= 0.3 is 12.1 Å². The Labute approximate surface area is 358 Å². The fraction of sp³-hybridized carbons (Fsp3) is 0.256. The highest BCUT2D eigenvalue weighted by Crippen LogP contribution is 2.38. The quantitative estimate of drug-likeness (QED) is 0.0483. The average Bonchev–Trinajstić information content (AvgIpc) is 3.73.